The van der Waals surface area contributed by atoms with E-state index in [2.05, 4.69) is 108 Å². The monoisotopic (exact) mass is 396 g/mol. The van der Waals surface area contributed by atoms with Gasteiger partial charge in [-0.3, -0.25) is 0 Å². The number of anilines is 2. The fourth-order valence-electron chi connectivity index (χ4n) is 3.44. The van der Waals surface area contributed by atoms with Crippen LogP contribution in [0.15, 0.2) is 42.5 Å². The van der Waals surface area contributed by atoms with E-state index < -0.39 is 0 Å². The lowest BCUT2D eigenvalue weighted by molar-refractivity contribution is 0.322. The Hall–Kier alpha value is -2.16. The highest BCUT2D eigenvalue weighted by Crippen LogP contribution is 2.35. The van der Waals surface area contributed by atoms with E-state index in [0.717, 1.165) is 31.1 Å². The SMILES string of the molecule is CCN(CC)c1ccc(NCCOc2ccc(C(C)(C)C)cc2C(C)(C)C)cc1. The molecule has 3 nitrogen and oxygen atoms in total. The molecule has 0 atom stereocenters. The van der Waals surface area contributed by atoms with Gasteiger partial charge in [0.25, 0.3) is 0 Å². The third-order valence-corrected chi connectivity index (χ3v) is 5.34. The third kappa shape index (κ3) is 6.42. The molecular weight excluding hydrogens is 356 g/mol. The second kappa shape index (κ2) is 9.56. The molecule has 0 aliphatic carbocycles. The van der Waals surface area contributed by atoms with Crippen LogP contribution in [0.1, 0.15) is 66.5 Å². The summed E-state index contributed by atoms with van der Waals surface area (Å²) in [6, 6.07) is 15.3. The maximum Gasteiger partial charge on any atom is 0.123 e. The smallest absolute Gasteiger partial charge is 0.123 e. The highest BCUT2D eigenvalue weighted by molar-refractivity contribution is 5.55. The van der Waals surface area contributed by atoms with Crippen LogP contribution in [0.4, 0.5) is 11.4 Å². The Bertz CT molecular complexity index is 763. The molecule has 0 spiro atoms. The minimum Gasteiger partial charge on any atom is -0.491 e. The number of nitrogens with zero attached hydrogens (tertiary/aromatic N) is 1. The number of ether oxygens (including phenoxy) is 1. The van der Waals surface area contributed by atoms with Crippen LogP contribution in [0.3, 0.4) is 0 Å². The second-order valence-corrected chi connectivity index (χ2v) is 9.71. The molecule has 0 aliphatic heterocycles. The van der Waals surface area contributed by atoms with Crippen LogP contribution in [0.25, 0.3) is 0 Å². The predicted octanol–water partition coefficient (Wildman–Crippen LogP) is 6.62. The molecule has 0 heterocycles. The maximum atomic E-state index is 6.18. The molecular formula is C26H40N2O. The van der Waals surface area contributed by atoms with Gasteiger partial charge in [0.2, 0.25) is 0 Å². The molecule has 0 fully saturated rings. The van der Waals surface area contributed by atoms with E-state index in [0.29, 0.717) is 6.61 Å². The van der Waals surface area contributed by atoms with Gasteiger partial charge in [0.05, 0.1) is 0 Å². The minimum atomic E-state index is 0.0459. The van der Waals surface area contributed by atoms with Gasteiger partial charge in [0, 0.05) is 31.0 Å². The Morgan fingerprint density at radius 3 is 1.97 bits per heavy atom. The van der Waals surface area contributed by atoms with E-state index in [4.69, 9.17) is 4.74 Å². The maximum absolute atomic E-state index is 6.18. The fraction of sp³-hybridized carbons (Fsp3) is 0.538. The van der Waals surface area contributed by atoms with Crippen molar-refractivity contribution in [2.75, 3.05) is 36.5 Å². The zero-order chi connectivity index (χ0) is 21.7. The first-order chi connectivity index (χ1) is 13.6. The van der Waals surface area contributed by atoms with Gasteiger partial charge < -0.3 is 15.0 Å². The number of hydrogen-bond donors (Lipinski definition) is 1. The standard InChI is InChI=1S/C26H40N2O/c1-9-28(10-2)22-14-12-21(13-15-22)27-17-18-29-24-16-11-20(25(3,4)5)19-23(24)26(6,7)8/h11-16,19,27H,9-10,17-18H2,1-8H3. The van der Waals surface area contributed by atoms with Gasteiger partial charge >= 0.3 is 0 Å². The zero-order valence-electron chi connectivity index (χ0n) is 19.7. The molecule has 2 aromatic rings. The first-order valence-corrected chi connectivity index (χ1v) is 10.9. The van der Waals surface area contributed by atoms with Crippen molar-refractivity contribution in [1.82, 2.24) is 0 Å². The zero-order valence-corrected chi connectivity index (χ0v) is 19.7. The number of rotatable bonds is 8. The van der Waals surface area contributed by atoms with Gasteiger partial charge in [-0.05, 0) is 66.1 Å². The summed E-state index contributed by atoms with van der Waals surface area (Å²) in [5.41, 5.74) is 5.20. The Kier molecular flexibility index (Phi) is 7.62. The first kappa shape index (κ1) is 23.1. The molecule has 2 aromatic carbocycles. The van der Waals surface area contributed by atoms with E-state index in [-0.39, 0.29) is 10.8 Å². The predicted molar refractivity (Wildman–Crippen MR) is 128 cm³/mol. The normalized spacial score (nSPS) is 12.0. The summed E-state index contributed by atoms with van der Waals surface area (Å²) < 4.78 is 6.18. The van der Waals surface area contributed by atoms with Gasteiger partial charge in [-0.15, -0.1) is 0 Å². The molecule has 0 saturated carbocycles. The highest BCUT2D eigenvalue weighted by atomic mass is 16.5. The molecule has 0 bridgehead atoms. The quantitative estimate of drug-likeness (QED) is 0.508. The first-order valence-electron chi connectivity index (χ1n) is 10.9. The van der Waals surface area contributed by atoms with Crippen molar-refractivity contribution in [3.8, 4) is 5.75 Å². The van der Waals surface area contributed by atoms with E-state index in [9.17, 15) is 0 Å². The number of hydrogen-bond acceptors (Lipinski definition) is 3. The van der Waals surface area contributed by atoms with Gasteiger partial charge in [-0.25, -0.2) is 0 Å². The number of benzene rings is 2. The lowest BCUT2D eigenvalue weighted by atomic mass is 9.80. The second-order valence-electron chi connectivity index (χ2n) is 9.71. The molecule has 0 unspecified atom stereocenters. The lowest BCUT2D eigenvalue weighted by Gasteiger charge is -2.27. The Morgan fingerprint density at radius 1 is 0.828 bits per heavy atom. The van der Waals surface area contributed by atoms with Crippen LogP contribution >= 0.6 is 0 Å². The average molecular weight is 397 g/mol. The van der Waals surface area contributed by atoms with Gasteiger partial charge in [0.1, 0.15) is 12.4 Å². The molecule has 0 amide bonds. The van der Waals surface area contributed by atoms with Crippen LogP contribution < -0.4 is 15.0 Å². The fourth-order valence-corrected chi connectivity index (χ4v) is 3.44. The minimum absolute atomic E-state index is 0.0459. The molecule has 0 saturated heterocycles. The van der Waals surface area contributed by atoms with Crippen LogP contribution in [-0.4, -0.2) is 26.2 Å². The molecule has 1 N–H and O–H groups in total. The largest absolute Gasteiger partial charge is 0.491 e. The van der Waals surface area contributed by atoms with Gasteiger partial charge in [0.15, 0.2) is 0 Å². The van der Waals surface area contributed by atoms with E-state index in [1.807, 2.05) is 0 Å². The van der Waals surface area contributed by atoms with E-state index >= 15 is 0 Å². The van der Waals surface area contributed by atoms with Gasteiger partial charge in [-0.2, -0.15) is 0 Å². The third-order valence-electron chi connectivity index (χ3n) is 5.34. The van der Waals surface area contributed by atoms with Crippen LogP contribution in [0.2, 0.25) is 0 Å². The van der Waals surface area contributed by atoms with Crippen LogP contribution in [-0.2, 0) is 10.8 Å². The van der Waals surface area contributed by atoms with Crippen molar-refractivity contribution < 1.29 is 4.74 Å². The van der Waals surface area contributed by atoms with E-state index in [1.54, 1.807) is 0 Å². The Labute approximate surface area is 178 Å². The van der Waals surface area contributed by atoms with E-state index in [1.165, 1.54) is 16.8 Å². The van der Waals surface area contributed by atoms with Gasteiger partial charge in [-0.1, -0.05) is 53.7 Å². The topological polar surface area (TPSA) is 24.5 Å². The van der Waals surface area contributed by atoms with Crippen molar-refractivity contribution in [1.29, 1.82) is 0 Å². The molecule has 0 aromatic heterocycles. The van der Waals surface area contributed by atoms with Crippen molar-refractivity contribution >= 4 is 11.4 Å². The molecule has 160 valence electrons. The lowest BCUT2D eigenvalue weighted by Crippen LogP contribution is -2.21. The van der Waals surface area contributed by atoms with Crippen molar-refractivity contribution in [3.05, 3.63) is 53.6 Å². The Morgan fingerprint density at radius 2 is 1.45 bits per heavy atom. The summed E-state index contributed by atoms with van der Waals surface area (Å²) in [5, 5.41) is 3.47. The van der Waals surface area contributed by atoms with Crippen LogP contribution in [0, 0.1) is 0 Å². The molecule has 29 heavy (non-hydrogen) atoms. The summed E-state index contributed by atoms with van der Waals surface area (Å²) in [7, 11) is 0. The summed E-state index contributed by atoms with van der Waals surface area (Å²) in [4.78, 5) is 2.35. The van der Waals surface area contributed by atoms with Crippen molar-refractivity contribution in [3.63, 3.8) is 0 Å². The number of nitrogens with one attached hydrogen (secondary N) is 1. The molecule has 0 radical (unpaired) electrons. The molecule has 2 rings (SSSR count). The summed E-state index contributed by atoms with van der Waals surface area (Å²) >= 11 is 0. The summed E-state index contributed by atoms with van der Waals surface area (Å²) in [6.45, 7) is 21.3. The van der Waals surface area contributed by atoms with Crippen molar-refractivity contribution in [2.24, 2.45) is 0 Å². The van der Waals surface area contributed by atoms with Crippen molar-refractivity contribution in [2.45, 2.75) is 66.2 Å². The Balaban J connectivity index is 1.98. The highest BCUT2D eigenvalue weighted by Gasteiger charge is 2.23. The molecule has 0 aliphatic rings. The van der Waals surface area contributed by atoms with Crippen LogP contribution in [0.5, 0.6) is 5.75 Å². The summed E-state index contributed by atoms with van der Waals surface area (Å²) in [5.74, 6) is 0.990. The summed E-state index contributed by atoms with van der Waals surface area (Å²) in [6.07, 6.45) is 0. The average Bonchev–Trinajstić information content (AvgIpc) is 2.66. The molecule has 3 heteroatoms.